The second-order valence-corrected chi connectivity index (χ2v) is 8.07. The maximum atomic E-state index is 12.9. The molecule has 2 amide bonds. The quantitative estimate of drug-likeness (QED) is 0.620. The summed E-state index contributed by atoms with van der Waals surface area (Å²) in [5.74, 6) is -0.421. The van der Waals surface area contributed by atoms with E-state index in [1.807, 2.05) is 60.4 Å². The number of hydrogen-bond acceptors (Lipinski definition) is 5. The van der Waals surface area contributed by atoms with Gasteiger partial charge in [0.15, 0.2) is 5.13 Å². The number of para-hydroxylation sites is 1. The zero-order valence-electron chi connectivity index (χ0n) is 16.2. The van der Waals surface area contributed by atoms with Crippen molar-refractivity contribution in [1.29, 1.82) is 0 Å². The van der Waals surface area contributed by atoms with Crippen molar-refractivity contribution in [2.75, 3.05) is 25.2 Å². The summed E-state index contributed by atoms with van der Waals surface area (Å²) in [6.45, 7) is 3.81. The molecule has 8 heteroatoms. The molecule has 146 valence electrons. The van der Waals surface area contributed by atoms with E-state index in [1.165, 1.54) is 16.2 Å². The summed E-state index contributed by atoms with van der Waals surface area (Å²) in [6.07, 6.45) is 3.70. The summed E-state index contributed by atoms with van der Waals surface area (Å²) in [5.41, 5.74) is 3.08. The Morgan fingerprint density at radius 2 is 2.04 bits per heavy atom. The number of thioether (sulfide) groups is 1. The van der Waals surface area contributed by atoms with Crippen LogP contribution in [-0.4, -0.2) is 46.1 Å². The lowest BCUT2D eigenvalue weighted by atomic mass is 10.2. The number of thiazole rings is 1. The van der Waals surface area contributed by atoms with E-state index >= 15 is 0 Å². The average Bonchev–Trinajstić information content (AvgIpc) is 3.29. The summed E-state index contributed by atoms with van der Waals surface area (Å²) in [6, 6.07) is 9.44. The van der Waals surface area contributed by atoms with E-state index in [9.17, 15) is 9.59 Å². The molecule has 0 unspecified atom stereocenters. The maximum Gasteiger partial charge on any atom is 0.255 e. The number of benzene rings is 1. The second-order valence-electron chi connectivity index (χ2n) is 6.34. The number of nitrogens with zero attached hydrogens (tertiary/aromatic N) is 3. The Hall–Kier alpha value is -2.58. The lowest BCUT2D eigenvalue weighted by Crippen LogP contribution is -2.35. The number of hydrogen-bond donors (Lipinski definition) is 1. The van der Waals surface area contributed by atoms with Gasteiger partial charge in [-0.25, -0.2) is 4.98 Å². The summed E-state index contributed by atoms with van der Waals surface area (Å²) in [7, 11) is 1.64. The first kappa shape index (κ1) is 20.2. The molecule has 1 aromatic carbocycles. The molecular weight excluding hydrogens is 392 g/mol. The molecule has 0 spiro atoms. The highest BCUT2D eigenvalue weighted by atomic mass is 32.2. The first-order chi connectivity index (χ1) is 13.4. The number of nitrogens with one attached hydrogen (secondary N) is 1. The van der Waals surface area contributed by atoms with E-state index in [-0.39, 0.29) is 18.4 Å². The lowest BCUT2D eigenvalue weighted by molar-refractivity contribution is -0.116. The van der Waals surface area contributed by atoms with Crippen LogP contribution < -0.4 is 5.32 Å². The number of aryl methyl sites for hydroxylation is 1. The van der Waals surface area contributed by atoms with Crippen LogP contribution in [-0.2, 0) is 4.79 Å². The van der Waals surface area contributed by atoms with E-state index in [0.717, 1.165) is 27.1 Å². The Morgan fingerprint density at radius 3 is 2.71 bits per heavy atom. The Balaban J connectivity index is 1.73. The van der Waals surface area contributed by atoms with Crippen LogP contribution in [0.25, 0.3) is 5.13 Å². The molecule has 3 aromatic rings. The minimum absolute atomic E-state index is 0.0253. The molecule has 0 fully saturated rings. The van der Waals surface area contributed by atoms with Gasteiger partial charge in [-0.1, -0.05) is 12.1 Å². The molecule has 0 bridgehead atoms. The minimum atomic E-state index is -0.230. The second kappa shape index (κ2) is 8.62. The van der Waals surface area contributed by atoms with Gasteiger partial charge in [0.25, 0.3) is 5.91 Å². The van der Waals surface area contributed by atoms with Crippen LogP contribution in [0.5, 0.6) is 0 Å². The Bertz CT molecular complexity index is 996. The van der Waals surface area contributed by atoms with Gasteiger partial charge in [-0.15, -0.1) is 23.1 Å². The highest BCUT2D eigenvalue weighted by molar-refractivity contribution is 7.98. The Morgan fingerprint density at radius 1 is 1.29 bits per heavy atom. The molecule has 0 saturated carbocycles. The van der Waals surface area contributed by atoms with Gasteiger partial charge in [0.1, 0.15) is 0 Å². The van der Waals surface area contributed by atoms with Crippen LogP contribution in [0.2, 0.25) is 0 Å². The molecule has 28 heavy (non-hydrogen) atoms. The van der Waals surface area contributed by atoms with Gasteiger partial charge in [-0.05, 0) is 38.3 Å². The zero-order valence-corrected chi connectivity index (χ0v) is 17.9. The number of anilines is 1. The van der Waals surface area contributed by atoms with E-state index in [4.69, 9.17) is 0 Å². The molecule has 3 rings (SSSR count). The molecule has 0 aliphatic carbocycles. The van der Waals surface area contributed by atoms with Crippen molar-refractivity contribution < 1.29 is 9.59 Å². The molecule has 2 heterocycles. The van der Waals surface area contributed by atoms with Gasteiger partial charge in [-0.3, -0.25) is 14.2 Å². The van der Waals surface area contributed by atoms with Crippen LogP contribution in [0, 0.1) is 13.8 Å². The van der Waals surface area contributed by atoms with Gasteiger partial charge in [0.05, 0.1) is 17.8 Å². The van der Waals surface area contributed by atoms with E-state index in [2.05, 4.69) is 10.3 Å². The van der Waals surface area contributed by atoms with Crippen molar-refractivity contribution in [2.45, 2.75) is 18.7 Å². The predicted octanol–water partition coefficient (Wildman–Crippen LogP) is 3.98. The Kier molecular flexibility index (Phi) is 6.21. The van der Waals surface area contributed by atoms with Crippen LogP contribution in [0.4, 0.5) is 5.69 Å². The number of carbonyl (C=O) groups is 2. The topological polar surface area (TPSA) is 67.2 Å². The number of likely N-dealkylation sites (N-methyl/N-ethyl adjacent to an activating group) is 1. The van der Waals surface area contributed by atoms with Crippen LogP contribution in [0.1, 0.15) is 21.7 Å². The number of aromatic nitrogens is 2. The minimum Gasteiger partial charge on any atom is -0.332 e. The molecule has 0 radical (unpaired) electrons. The van der Waals surface area contributed by atoms with Crippen molar-refractivity contribution in [1.82, 2.24) is 14.5 Å². The summed E-state index contributed by atoms with van der Waals surface area (Å²) in [5, 5.41) is 5.61. The monoisotopic (exact) mass is 414 g/mol. The van der Waals surface area contributed by atoms with Crippen LogP contribution >= 0.6 is 23.1 Å². The fraction of sp³-hybridized carbons (Fsp3) is 0.250. The molecule has 2 aromatic heterocycles. The smallest absolute Gasteiger partial charge is 0.255 e. The molecule has 0 atom stereocenters. The highest BCUT2D eigenvalue weighted by Gasteiger charge is 2.22. The molecule has 0 aliphatic heterocycles. The third-order valence-electron chi connectivity index (χ3n) is 4.38. The van der Waals surface area contributed by atoms with Crippen molar-refractivity contribution in [3.8, 4) is 5.13 Å². The van der Waals surface area contributed by atoms with Crippen molar-refractivity contribution in [3.05, 3.63) is 58.9 Å². The number of rotatable bonds is 6. The molecule has 1 N–H and O–H groups in total. The third-order valence-corrected chi connectivity index (χ3v) is 5.93. The van der Waals surface area contributed by atoms with E-state index in [1.54, 1.807) is 25.0 Å². The summed E-state index contributed by atoms with van der Waals surface area (Å²) in [4.78, 5) is 32.1. The van der Waals surface area contributed by atoms with E-state index in [0.29, 0.717) is 5.56 Å². The number of amides is 2. The number of carbonyl (C=O) groups excluding carboxylic acids is 2. The van der Waals surface area contributed by atoms with Crippen molar-refractivity contribution in [3.63, 3.8) is 0 Å². The van der Waals surface area contributed by atoms with Crippen molar-refractivity contribution >= 4 is 40.6 Å². The van der Waals surface area contributed by atoms with Crippen molar-refractivity contribution in [2.24, 2.45) is 0 Å². The molecular formula is C20H22N4O2S2. The SMILES string of the molecule is CSc1ccccc1NC(=O)CN(C)C(=O)c1cc(C)n(-c2nccs2)c1C. The standard InChI is InChI=1S/C20H22N4O2S2/c1-13-11-15(14(2)24(13)20-21-9-10-28-20)19(26)23(3)12-18(25)22-16-7-5-6-8-17(16)27-4/h5-11H,12H2,1-4H3,(H,22,25). The van der Waals surface area contributed by atoms with Gasteiger partial charge in [-0.2, -0.15) is 0 Å². The first-order valence-corrected chi connectivity index (χ1v) is 10.8. The largest absolute Gasteiger partial charge is 0.332 e. The fourth-order valence-electron chi connectivity index (χ4n) is 3.03. The third kappa shape index (κ3) is 4.13. The highest BCUT2D eigenvalue weighted by Crippen LogP contribution is 2.25. The molecule has 6 nitrogen and oxygen atoms in total. The normalized spacial score (nSPS) is 10.7. The Labute approximate surface area is 172 Å². The van der Waals surface area contributed by atoms with Gasteiger partial charge < -0.3 is 10.2 Å². The van der Waals surface area contributed by atoms with Gasteiger partial charge >= 0.3 is 0 Å². The predicted molar refractivity (Wildman–Crippen MR) is 115 cm³/mol. The average molecular weight is 415 g/mol. The van der Waals surface area contributed by atoms with Gasteiger partial charge in [0, 0.05) is 34.9 Å². The molecule has 0 aliphatic rings. The summed E-state index contributed by atoms with van der Waals surface area (Å²) < 4.78 is 1.96. The van der Waals surface area contributed by atoms with Gasteiger partial charge in [0.2, 0.25) is 5.91 Å². The fourth-order valence-corrected chi connectivity index (χ4v) is 4.34. The summed E-state index contributed by atoms with van der Waals surface area (Å²) >= 11 is 3.08. The first-order valence-electron chi connectivity index (χ1n) is 8.69. The van der Waals surface area contributed by atoms with Crippen LogP contribution in [0.3, 0.4) is 0 Å². The van der Waals surface area contributed by atoms with E-state index < -0.39 is 0 Å². The lowest BCUT2D eigenvalue weighted by Gasteiger charge is -2.17. The zero-order chi connectivity index (χ0) is 20.3. The maximum absolute atomic E-state index is 12.9. The molecule has 0 saturated heterocycles. The van der Waals surface area contributed by atoms with Crippen LogP contribution in [0.15, 0.2) is 46.8 Å².